The molecule has 1 heterocycles. The molecule has 0 radical (unpaired) electrons. The second-order valence-corrected chi connectivity index (χ2v) is 11.2. The van der Waals surface area contributed by atoms with Crippen LogP contribution in [0.4, 0.5) is 0 Å². The van der Waals surface area contributed by atoms with Crippen molar-refractivity contribution in [2.24, 2.45) is 0 Å². The highest BCUT2D eigenvalue weighted by molar-refractivity contribution is 7.92. The summed E-state index contributed by atoms with van der Waals surface area (Å²) < 4.78 is 45.5. The normalized spacial score (nSPS) is 26.5. The maximum absolute atomic E-state index is 13.9. The van der Waals surface area contributed by atoms with E-state index in [1.54, 1.807) is 19.2 Å². The summed E-state index contributed by atoms with van der Waals surface area (Å²) in [6, 6.07) is 16.7. The minimum absolute atomic E-state index is 0.174. The van der Waals surface area contributed by atoms with E-state index in [0.29, 0.717) is 11.5 Å². The molecule has 2 fully saturated rings. The Bertz CT molecular complexity index is 974. The average molecular weight is 474 g/mol. The maximum atomic E-state index is 13.9. The number of methoxy groups -OCH3 is 1. The van der Waals surface area contributed by atoms with Crippen molar-refractivity contribution in [2.45, 2.75) is 80.3 Å². The second-order valence-electron chi connectivity index (χ2n) is 9.13. The molecule has 1 N–H and O–H groups in total. The van der Waals surface area contributed by atoms with Gasteiger partial charge >= 0.3 is 0 Å². The van der Waals surface area contributed by atoms with E-state index in [0.717, 1.165) is 36.8 Å². The summed E-state index contributed by atoms with van der Waals surface area (Å²) in [5, 5.41) is 2.81. The quantitative estimate of drug-likeness (QED) is 0.593. The zero-order chi connectivity index (χ0) is 23.3. The first-order valence-corrected chi connectivity index (χ1v) is 13.4. The van der Waals surface area contributed by atoms with Crippen molar-refractivity contribution >= 4 is 9.84 Å². The van der Waals surface area contributed by atoms with Crippen LogP contribution in [0, 0.1) is 6.92 Å². The van der Waals surface area contributed by atoms with E-state index in [1.807, 2.05) is 49.4 Å². The molecule has 7 heteroatoms. The summed E-state index contributed by atoms with van der Waals surface area (Å²) in [4.78, 5) is 0.307. The molecular formula is C26H35NO5S. The van der Waals surface area contributed by atoms with E-state index in [-0.39, 0.29) is 12.6 Å². The van der Waals surface area contributed by atoms with Gasteiger partial charge in [0.2, 0.25) is 0 Å². The summed E-state index contributed by atoms with van der Waals surface area (Å²) in [5.74, 6) is 0. The van der Waals surface area contributed by atoms with Gasteiger partial charge in [0.25, 0.3) is 0 Å². The molecule has 180 valence electrons. The fraction of sp³-hybridized carbons (Fsp3) is 0.538. The van der Waals surface area contributed by atoms with E-state index in [4.69, 9.17) is 14.2 Å². The van der Waals surface area contributed by atoms with E-state index in [9.17, 15) is 8.42 Å². The molecule has 0 spiro atoms. The summed E-state index contributed by atoms with van der Waals surface area (Å²) in [5.41, 5.74) is 2.06. The highest BCUT2D eigenvalue weighted by Crippen LogP contribution is 2.33. The van der Waals surface area contributed by atoms with Gasteiger partial charge < -0.3 is 19.5 Å². The molecule has 0 unspecified atom stereocenters. The molecule has 1 aliphatic heterocycles. The molecule has 1 aliphatic carbocycles. The van der Waals surface area contributed by atoms with Crippen LogP contribution >= 0.6 is 0 Å². The third-order valence-electron chi connectivity index (χ3n) is 6.69. The Labute approximate surface area is 197 Å². The van der Waals surface area contributed by atoms with Gasteiger partial charge in [-0.05, 0) is 37.5 Å². The van der Waals surface area contributed by atoms with Gasteiger partial charge in [-0.15, -0.1) is 0 Å². The number of aryl methyl sites for hydroxylation is 1. The topological polar surface area (TPSA) is 73.9 Å². The molecule has 0 bridgehead atoms. The lowest BCUT2D eigenvalue weighted by Crippen LogP contribution is -2.53. The van der Waals surface area contributed by atoms with Crippen molar-refractivity contribution in [3.63, 3.8) is 0 Å². The minimum Gasteiger partial charge on any atom is -0.374 e. The van der Waals surface area contributed by atoms with Crippen molar-refractivity contribution in [2.75, 3.05) is 13.7 Å². The molecule has 0 amide bonds. The number of hydrogen-bond donors (Lipinski definition) is 1. The maximum Gasteiger partial charge on any atom is 0.185 e. The summed E-state index contributed by atoms with van der Waals surface area (Å²) in [7, 11) is -2.12. The minimum atomic E-state index is -3.69. The number of benzene rings is 2. The van der Waals surface area contributed by atoms with Gasteiger partial charge in [-0.2, -0.15) is 0 Å². The third kappa shape index (κ3) is 5.84. The average Bonchev–Trinajstić information content (AvgIpc) is 3.18. The van der Waals surface area contributed by atoms with Crippen molar-refractivity contribution in [1.29, 1.82) is 0 Å². The van der Waals surface area contributed by atoms with Gasteiger partial charge in [-0.3, -0.25) is 0 Å². The highest BCUT2D eigenvalue weighted by Gasteiger charge is 2.52. The molecule has 2 aliphatic rings. The number of ether oxygens (including phenoxy) is 3. The smallest absolute Gasteiger partial charge is 0.185 e. The Hall–Kier alpha value is -1.77. The monoisotopic (exact) mass is 473 g/mol. The number of nitrogens with one attached hydrogen (secondary N) is 1. The first-order valence-electron chi connectivity index (χ1n) is 11.9. The molecule has 33 heavy (non-hydrogen) atoms. The van der Waals surface area contributed by atoms with Gasteiger partial charge in [0.15, 0.2) is 16.1 Å². The standard InChI is InChI=1S/C26H35NO5S/c1-19-13-15-22(16-14-19)33(28,29)25-23(18-31-17-20-9-5-3-6-10-20)32-26(30-2)24(25)27-21-11-7-4-8-12-21/h3,5-6,9-10,13-16,21,23-27H,4,7-8,11-12,17-18H2,1-2H3/t23-,24+,25-,26-/m1/s1. The van der Waals surface area contributed by atoms with E-state index >= 15 is 0 Å². The molecule has 1 saturated heterocycles. The molecule has 4 rings (SSSR count). The van der Waals surface area contributed by atoms with Crippen LogP contribution in [-0.2, 0) is 30.7 Å². The van der Waals surface area contributed by atoms with Gasteiger partial charge in [-0.25, -0.2) is 8.42 Å². The van der Waals surface area contributed by atoms with Crippen LogP contribution in [0.5, 0.6) is 0 Å². The highest BCUT2D eigenvalue weighted by atomic mass is 32.2. The molecule has 1 saturated carbocycles. The summed E-state index contributed by atoms with van der Waals surface area (Å²) >= 11 is 0. The lowest BCUT2D eigenvalue weighted by Gasteiger charge is -2.31. The van der Waals surface area contributed by atoms with Gasteiger partial charge in [0, 0.05) is 13.2 Å². The lowest BCUT2D eigenvalue weighted by molar-refractivity contribution is -0.137. The zero-order valence-corrected chi connectivity index (χ0v) is 20.3. The Morgan fingerprint density at radius 1 is 1.00 bits per heavy atom. The Kier molecular flexibility index (Phi) is 8.20. The van der Waals surface area contributed by atoms with Gasteiger partial charge in [0.1, 0.15) is 11.4 Å². The van der Waals surface area contributed by atoms with Gasteiger partial charge in [-0.1, -0.05) is 67.3 Å². The van der Waals surface area contributed by atoms with Crippen molar-refractivity contribution in [3.05, 3.63) is 65.7 Å². The number of rotatable bonds is 9. The van der Waals surface area contributed by atoms with E-state index in [1.165, 1.54) is 6.42 Å². The van der Waals surface area contributed by atoms with Crippen molar-refractivity contribution in [1.82, 2.24) is 5.32 Å². The van der Waals surface area contributed by atoms with Crippen LogP contribution in [0.1, 0.15) is 43.2 Å². The van der Waals surface area contributed by atoms with Crippen molar-refractivity contribution in [3.8, 4) is 0 Å². The predicted octanol–water partition coefficient (Wildman–Crippen LogP) is 4.02. The molecular weight excluding hydrogens is 438 g/mol. The third-order valence-corrected chi connectivity index (χ3v) is 8.93. The van der Waals surface area contributed by atoms with E-state index in [2.05, 4.69) is 5.32 Å². The molecule has 2 aromatic rings. The molecule has 6 nitrogen and oxygen atoms in total. The predicted molar refractivity (Wildman–Crippen MR) is 128 cm³/mol. The second kappa shape index (κ2) is 11.1. The van der Waals surface area contributed by atoms with Crippen LogP contribution in [0.2, 0.25) is 0 Å². The summed E-state index contributed by atoms with van der Waals surface area (Å²) in [6.07, 6.45) is 4.34. The SMILES string of the molecule is CO[C@@H]1O[C@H](COCc2ccccc2)[C@@H](S(=O)(=O)c2ccc(C)cc2)[C@@H]1NC1CCCCC1. The molecule has 0 aromatic heterocycles. The van der Waals surface area contributed by atoms with Crippen molar-refractivity contribution < 1.29 is 22.6 Å². The van der Waals surface area contributed by atoms with Crippen LogP contribution < -0.4 is 5.32 Å². The summed E-state index contributed by atoms with van der Waals surface area (Å²) in [6.45, 7) is 2.52. The van der Waals surface area contributed by atoms with Gasteiger partial charge in [0.05, 0.1) is 24.2 Å². The van der Waals surface area contributed by atoms with Crippen LogP contribution in [0.3, 0.4) is 0 Å². The van der Waals surface area contributed by atoms with Crippen LogP contribution in [0.25, 0.3) is 0 Å². The largest absolute Gasteiger partial charge is 0.374 e. The zero-order valence-electron chi connectivity index (χ0n) is 19.5. The first-order chi connectivity index (χ1) is 16.0. The molecule has 4 atom stereocenters. The Morgan fingerprint density at radius 2 is 1.70 bits per heavy atom. The number of sulfone groups is 1. The van der Waals surface area contributed by atoms with Crippen LogP contribution in [-0.4, -0.2) is 51.9 Å². The lowest BCUT2D eigenvalue weighted by atomic mass is 9.94. The van der Waals surface area contributed by atoms with E-state index < -0.39 is 33.5 Å². The fourth-order valence-electron chi connectivity index (χ4n) is 4.92. The first kappa shape index (κ1) is 24.4. The number of hydrogen-bond acceptors (Lipinski definition) is 6. The Morgan fingerprint density at radius 3 is 2.36 bits per heavy atom. The Balaban J connectivity index is 1.58. The molecule has 2 aromatic carbocycles. The van der Waals surface area contributed by atoms with Crippen LogP contribution in [0.15, 0.2) is 59.5 Å². The fourth-order valence-corrected chi connectivity index (χ4v) is 6.88.